The van der Waals surface area contributed by atoms with E-state index in [0.29, 0.717) is 6.54 Å². The molecule has 0 radical (unpaired) electrons. The van der Waals surface area contributed by atoms with Crippen molar-refractivity contribution in [2.24, 2.45) is 0 Å². The van der Waals surface area contributed by atoms with E-state index < -0.39 is 0 Å². The molecule has 1 heterocycles. The van der Waals surface area contributed by atoms with E-state index in [0.717, 1.165) is 16.4 Å². The number of methoxy groups -OCH3 is 1. The van der Waals surface area contributed by atoms with Gasteiger partial charge in [-0.15, -0.1) is 0 Å². The van der Waals surface area contributed by atoms with Crippen molar-refractivity contribution in [3.05, 3.63) is 23.6 Å². The minimum atomic E-state index is 0.527. The highest BCUT2D eigenvalue weighted by molar-refractivity contribution is 5.22. The van der Waals surface area contributed by atoms with Crippen LogP contribution < -0.4 is 0 Å². The van der Waals surface area contributed by atoms with Crippen LogP contribution in [0.5, 0.6) is 0 Å². The average molecular weight is 141 g/mol. The van der Waals surface area contributed by atoms with Gasteiger partial charge in [0.05, 0.1) is 13.7 Å². The van der Waals surface area contributed by atoms with Gasteiger partial charge in [-0.25, -0.2) is 0 Å². The third kappa shape index (κ3) is 1.30. The van der Waals surface area contributed by atoms with Crippen molar-refractivity contribution in [1.82, 2.24) is 5.06 Å². The first-order chi connectivity index (χ1) is 4.74. The summed E-state index contributed by atoms with van der Waals surface area (Å²) in [7, 11) is 1.62. The molecule has 56 valence electrons. The second kappa shape index (κ2) is 2.75. The third-order valence-electron chi connectivity index (χ3n) is 1.44. The van der Waals surface area contributed by atoms with Gasteiger partial charge in [-0.05, 0) is 18.6 Å². The lowest BCUT2D eigenvalue weighted by Crippen LogP contribution is -2.18. The molecular formula is C7H11NO2. The van der Waals surface area contributed by atoms with Crippen molar-refractivity contribution in [2.75, 3.05) is 13.7 Å². The van der Waals surface area contributed by atoms with Gasteiger partial charge >= 0.3 is 0 Å². The molecule has 0 aromatic heterocycles. The van der Waals surface area contributed by atoms with Crippen molar-refractivity contribution in [3.63, 3.8) is 0 Å². The number of hydroxylamine groups is 2. The number of hydrogen-bond donors (Lipinski definition) is 1. The lowest BCUT2D eigenvalue weighted by molar-refractivity contribution is -0.0348. The van der Waals surface area contributed by atoms with Gasteiger partial charge in [-0.3, -0.25) is 10.3 Å². The van der Waals surface area contributed by atoms with Crippen molar-refractivity contribution in [1.29, 1.82) is 0 Å². The Labute approximate surface area is 60.2 Å². The summed E-state index contributed by atoms with van der Waals surface area (Å²) in [4.78, 5) is 0. The fraction of sp³-hybridized carbons (Fsp3) is 0.429. The lowest BCUT2D eigenvalue weighted by atomic mass is 10.2. The van der Waals surface area contributed by atoms with Crippen LogP contribution in [0.3, 0.4) is 0 Å². The van der Waals surface area contributed by atoms with E-state index in [1.54, 1.807) is 19.4 Å². The molecule has 0 saturated heterocycles. The molecule has 1 aliphatic heterocycles. The Morgan fingerprint density at radius 2 is 2.40 bits per heavy atom. The second-order valence-corrected chi connectivity index (χ2v) is 2.26. The number of nitrogens with zero attached hydrogens (tertiary/aromatic N) is 1. The standard InChI is InChI=1S/C7H11NO2/c1-6-5-8(9)4-3-7(6)10-2/h3-4,9H,5H2,1-2H3. The van der Waals surface area contributed by atoms with Crippen molar-refractivity contribution in [3.8, 4) is 0 Å². The third-order valence-corrected chi connectivity index (χ3v) is 1.44. The fourth-order valence-electron chi connectivity index (χ4n) is 0.912. The minimum Gasteiger partial charge on any atom is -0.497 e. The highest BCUT2D eigenvalue weighted by Gasteiger charge is 2.07. The maximum atomic E-state index is 8.95. The van der Waals surface area contributed by atoms with Crippen LogP contribution in [0.25, 0.3) is 0 Å². The Kier molecular flexibility index (Phi) is 1.97. The second-order valence-electron chi connectivity index (χ2n) is 2.26. The summed E-state index contributed by atoms with van der Waals surface area (Å²) < 4.78 is 5.01. The zero-order chi connectivity index (χ0) is 7.56. The molecule has 3 heteroatoms. The summed E-state index contributed by atoms with van der Waals surface area (Å²) >= 11 is 0. The monoisotopic (exact) mass is 141 g/mol. The van der Waals surface area contributed by atoms with Gasteiger partial charge in [-0.2, -0.15) is 0 Å². The largest absolute Gasteiger partial charge is 0.497 e. The Balaban J connectivity index is 2.73. The zero-order valence-corrected chi connectivity index (χ0v) is 6.16. The maximum absolute atomic E-state index is 8.95. The number of ether oxygens (including phenoxy) is 1. The van der Waals surface area contributed by atoms with E-state index >= 15 is 0 Å². The van der Waals surface area contributed by atoms with Gasteiger partial charge in [0.1, 0.15) is 5.76 Å². The van der Waals surface area contributed by atoms with Gasteiger partial charge < -0.3 is 4.74 Å². The average Bonchev–Trinajstić information content (AvgIpc) is 1.88. The SMILES string of the molecule is COC1=C(C)CN(O)C=C1. The number of hydrogen-bond acceptors (Lipinski definition) is 3. The molecule has 0 bridgehead atoms. The lowest BCUT2D eigenvalue weighted by Gasteiger charge is -2.18. The first-order valence-corrected chi connectivity index (χ1v) is 3.11. The maximum Gasteiger partial charge on any atom is 0.121 e. The smallest absolute Gasteiger partial charge is 0.121 e. The molecule has 0 fully saturated rings. The van der Waals surface area contributed by atoms with Crippen LogP contribution >= 0.6 is 0 Å². The summed E-state index contributed by atoms with van der Waals surface area (Å²) in [6.45, 7) is 2.45. The molecule has 1 aliphatic rings. The molecule has 0 spiro atoms. The molecule has 1 rings (SSSR count). The molecule has 0 unspecified atom stereocenters. The Morgan fingerprint density at radius 1 is 1.70 bits per heavy atom. The van der Waals surface area contributed by atoms with Gasteiger partial charge in [-0.1, -0.05) is 0 Å². The van der Waals surface area contributed by atoms with Crippen LogP contribution in [0, 0.1) is 0 Å². The summed E-state index contributed by atoms with van der Waals surface area (Å²) in [6.07, 6.45) is 3.31. The molecule has 3 nitrogen and oxygen atoms in total. The van der Waals surface area contributed by atoms with Crippen molar-refractivity contribution >= 4 is 0 Å². The first-order valence-electron chi connectivity index (χ1n) is 3.11. The summed E-state index contributed by atoms with van der Waals surface area (Å²) in [5, 5.41) is 10.1. The normalized spacial score (nSPS) is 18.1. The van der Waals surface area contributed by atoms with E-state index in [9.17, 15) is 0 Å². The van der Waals surface area contributed by atoms with Gasteiger partial charge in [0.2, 0.25) is 0 Å². The highest BCUT2D eigenvalue weighted by atomic mass is 16.5. The fourth-order valence-corrected chi connectivity index (χ4v) is 0.912. The molecule has 0 amide bonds. The van der Waals surface area contributed by atoms with Crippen LogP contribution in [-0.2, 0) is 4.74 Å². The van der Waals surface area contributed by atoms with Gasteiger partial charge in [0.15, 0.2) is 0 Å². The number of allylic oxidation sites excluding steroid dienone is 1. The van der Waals surface area contributed by atoms with Gasteiger partial charge in [0, 0.05) is 6.20 Å². The quantitative estimate of drug-likeness (QED) is 0.594. The molecule has 0 aromatic rings. The van der Waals surface area contributed by atoms with Crippen LogP contribution in [0.4, 0.5) is 0 Å². The van der Waals surface area contributed by atoms with Crippen LogP contribution in [0.2, 0.25) is 0 Å². The number of rotatable bonds is 1. The topological polar surface area (TPSA) is 32.7 Å². The van der Waals surface area contributed by atoms with Crippen LogP contribution in [0.15, 0.2) is 23.6 Å². The first kappa shape index (κ1) is 7.15. The van der Waals surface area contributed by atoms with E-state index in [1.807, 2.05) is 6.92 Å². The predicted octanol–water partition coefficient (Wildman–Crippen LogP) is 1.13. The highest BCUT2D eigenvalue weighted by Crippen LogP contribution is 2.12. The van der Waals surface area contributed by atoms with Gasteiger partial charge in [0.25, 0.3) is 0 Å². The van der Waals surface area contributed by atoms with Crippen molar-refractivity contribution in [2.45, 2.75) is 6.92 Å². The molecule has 0 atom stereocenters. The Bertz CT molecular complexity index is 184. The molecule has 0 aromatic carbocycles. The van der Waals surface area contributed by atoms with Crippen molar-refractivity contribution < 1.29 is 9.94 Å². The van der Waals surface area contributed by atoms with Crippen LogP contribution in [0.1, 0.15) is 6.92 Å². The zero-order valence-electron chi connectivity index (χ0n) is 6.16. The van der Waals surface area contributed by atoms with E-state index in [-0.39, 0.29) is 0 Å². The summed E-state index contributed by atoms with van der Waals surface area (Å²) in [5.41, 5.74) is 1.03. The Hall–Kier alpha value is -0.960. The summed E-state index contributed by atoms with van der Waals surface area (Å²) in [5.74, 6) is 0.838. The molecule has 1 N–H and O–H groups in total. The molecule has 0 saturated carbocycles. The van der Waals surface area contributed by atoms with Crippen LogP contribution in [-0.4, -0.2) is 23.9 Å². The van der Waals surface area contributed by atoms with E-state index in [2.05, 4.69) is 0 Å². The minimum absolute atomic E-state index is 0.527. The predicted molar refractivity (Wildman–Crippen MR) is 37.3 cm³/mol. The summed E-state index contributed by atoms with van der Waals surface area (Å²) in [6, 6.07) is 0. The van der Waals surface area contributed by atoms with E-state index in [4.69, 9.17) is 9.94 Å². The molecular weight excluding hydrogens is 130 g/mol. The molecule has 0 aliphatic carbocycles. The Morgan fingerprint density at radius 3 is 2.90 bits per heavy atom. The molecule has 10 heavy (non-hydrogen) atoms. The van der Waals surface area contributed by atoms with E-state index in [1.165, 1.54) is 0 Å².